The van der Waals surface area contributed by atoms with Gasteiger partial charge in [-0.3, -0.25) is 14.4 Å². The normalized spacial score (nSPS) is 18.9. The lowest BCUT2D eigenvalue weighted by Crippen LogP contribution is -2.44. The summed E-state index contributed by atoms with van der Waals surface area (Å²) in [5.41, 5.74) is 7.51. The lowest BCUT2D eigenvalue weighted by Gasteiger charge is -2.49. The van der Waals surface area contributed by atoms with Crippen LogP contribution in [-0.2, 0) is 20.9 Å². The van der Waals surface area contributed by atoms with Gasteiger partial charge in [-0.2, -0.15) is 0 Å². The number of nitrogens with zero attached hydrogens (tertiary/aromatic N) is 1. The number of halogens is 2. The van der Waals surface area contributed by atoms with Crippen molar-refractivity contribution >= 4 is 55.0 Å². The fourth-order valence-electron chi connectivity index (χ4n) is 7.42. The van der Waals surface area contributed by atoms with Crippen LogP contribution < -0.4 is 10.1 Å². The number of hydrogen-bond donors (Lipinski definition) is 1. The van der Waals surface area contributed by atoms with Crippen molar-refractivity contribution in [1.82, 2.24) is 4.90 Å². The number of nitrogens with one attached hydrogen (secondary N) is 1. The summed E-state index contributed by atoms with van der Waals surface area (Å²) in [6.45, 7) is 12.9. The number of rotatable bonds is 7. The molecule has 1 N–H and O–H groups in total. The van der Waals surface area contributed by atoms with E-state index >= 15 is 0 Å². The van der Waals surface area contributed by atoms with Crippen molar-refractivity contribution in [3.05, 3.63) is 114 Å². The van der Waals surface area contributed by atoms with E-state index in [1.165, 1.54) is 0 Å². The molecule has 1 amide bonds. The molecule has 0 radical (unpaired) electrons. The number of carbonyl (C=O) groups is 3. The van der Waals surface area contributed by atoms with Crippen molar-refractivity contribution in [2.45, 2.75) is 79.7 Å². The lowest BCUT2D eigenvalue weighted by molar-refractivity contribution is -0.120. The molecular weight excluding hydrogens is 732 g/mol. The predicted molar refractivity (Wildman–Crippen MR) is 197 cm³/mol. The molecule has 1 aliphatic heterocycles. The molecule has 0 bridgehead atoms. The Labute approximate surface area is 300 Å². The number of hydrogen-bond acceptors (Lipinski definition) is 5. The number of aryl methyl sites for hydroxylation is 2. The summed E-state index contributed by atoms with van der Waals surface area (Å²) in [4.78, 5) is 44.2. The number of amides is 1. The van der Waals surface area contributed by atoms with E-state index in [9.17, 15) is 14.4 Å². The number of allylic oxidation sites excluding steroid dienone is 4. The SMILES string of the molecule is Cc1ccc(NC(=O)COc2c(Br)cc(Br)cc2C2C3=C(CC(C)(C)CC3=O)N(Cc3ccccc3)C3=C2C(=O)CC(C)(C)C3)cc1C. The van der Waals surface area contributed by atoms with Gasteiger partial charge in [0.2, 0.25) is 0 Å². The van der Waals surface area contributed by atoms with Crippen molar-refractivity contribution < 1.29 is 19.1 Å². The van der Waals surface area contributed by atoms with Crippen LogP contribution in [0.5, 0.6) is 5.75 Å². The van der Waals surface area contributed by atoms with Crippen LogP contribution in [0.15, 0.2) is 92.1 Å². The van der Waals surface area contributed by atoms with Crippen LogP contribution in [0.2, 0.25) is 0 Å². The predicted octanol–water partition coefficient (Wildman–Crippen LogP) is 9.73. The number of Topliss-reactive ketones (excluding diaryl/α,β-unsaturated/α-hetero) is 2. The van der Waals surface area contributed by atoms with Gasteiger partial charge in [0.25, 0.3) is 5.91 Å². The van der Waals surface area contributed by atoms with E-state index in [1.807, 2.05) is 62.4 Å². The molecule has 0 saturated carbocycles. The third-order valence-electron chi connectivity index (χ3n) is 9.69. The molecule has 0 atom stereocenters. The summed E-state index contributed by atoms with van der Waals surface area (Å²) in [7, 11) is 0. The molecular formula is C40H42Br2N2O4. The van der Waals surface area contributed by atoms with Gasteiger partial charge in [-0.25, -0.2) is 0 Å². The maximum atomic E-state index is 14.4. The Hall–Kier alpha value is -3.49. The summed E-state index contributed by atoms with van der Waals surface area (Å²) >= 11 is 7.37. The number of carbonyl (C=O) groups excluding carboxylic acids is 3. The first kappa shape index (κ1) is 34.4. The molecule has 8 heteroatoms. The third-order valence-corrected chi connectivity index (χ3v) is 10.7. The zero-order valence-electron chi connectivity index (χ0n) is 28.4. The largest absolute Gasteiger partial charge is 0.482 e. The molecule has 0 unspecified atom stereocenters. The topological polar surface area (TPSA) is 75.7 Å². The lowest BCUT2D eigenvalue weighted by atomic mass is 9.63. The van der Waals surface area contributed by atoms with Gasteiger partial charge >= 0.3 is 0 Å². The van der Waals surface area contributed by atoms with Gasteiger partial charge in [0.1, 0.15) is 5.75 Å². The third kappa shape index (κ3) is 6.97. The van der Waals surface area contributed by atoms with Gasteiger partial charge in [-0.15, -0.1) is 0 Å². The van der Waals surface area contributed by atoms with E-state index in [0.717, 1.165) is 32.6 Å². The molecule has 2 aliphatic carbocycles. The van der Waals surface area contributed by atoms with Gasteiger partial charge in [0.05, 0.1) is 4.47 Å². The number of benzene rings is 3. The average molecular weight is 775 g/mol. The standard InChI is InChI=1S/C40H42Br2N2O4/c1-23-12-13-27(14-24(23)2)43-34(47)22-48-38-28(15-26(41)16-29(38)42)35-36-30(17-39(3,4)19-32(36)45)44(21-25-10-8-7-9-11-25)31-18-40(5,6)20-33(46)37(31)35/h7-16,35H,17-22H2,1-6H3,(H,43,47). The van der Waals surface area contributed by atoms with Crippen molar-refractivity contribution in [3.63, 3.8) is 0 Å². The van der Waals surface area contributed by atoms with Gasteiger partial charge in [0.15, 0.2) is 18.2 Å². The van der Waals surface area contributed by atoms with Crippen LogP contribution in [0.25, 0.3) is 0 Å². The Balaban J connectivity index is 1.48. The Bertz CT molecular complexity index is 1840. The number of anilines is 1. The molecule has 0 aromatic heterocycles. The minimum Gasteiger partial charge on any atom is -0.482 e. The smallest absolute Gasteiger partial charge is 0.262 e. The van der Waals surface area contributed by atoms with E-state index in [1.54, 1.807) is 0 Å². The zero-order valence-corrected chi connectivity index (χ0v) is 31.6. The van der Waals surface area contributed by atoms with Crippen LogP contribution in [0.3, 0.4) is 0 Å². The van der Waals surface area contributed by atoms with Crippen molar-refractivity contribution in [3.8, 4) is 5.75 Å². The summed E-state index contributed by atoms with van der Waals surface area (Å²) in [6.07, 6.45) is 2.17. The second-order valence-electron chi connectivity index (χ2n) is 15.0. The van der Waals surface area contributed by atoms with E-state index in [4.69, 9.17) is 4.74 Å². The molecule has 0 saturated heterocycles. The fourth-order valence-corrected chi connectivity index (χ4v) is 8.79. The maximum absolute atomic E-state index is 14.4. The maximum Gasteiger partial charge on any atom is 0.262 e. The highest BCUT2D eigenvalue weighted by Crippen LogP contribution is 2.56. The van der Waals surface area contributed by atoms with Gasteiger partial charge < -0.3 is 15.0 Å². The molecule has 6 rings (SSSR count). The Morgan fingerprint density at radius 3 is 2.02 bits per heavy atom. The van der Waals surface area contributed by atoms with E-state index in [0.29, 0.717) is 64.8 Å². The van der Waals surface area contributed by atoms with E-state index in [-0.39, 0.29) is 34.9 Å². The number of ether oxygens (including phenoxy) is 1. The van der Waals surface area contributed by atoms with Crippen LogP contribution in [0.1, 0.15) is 81.5 Å². The summed E-state index contributed by atoms with van der Waals surface area (Å²) in [5, 5.41) is 2.94. The second-order valence-corrected chi connectivity index (χ2v) is 16.8. The summed E-state index contributed by atoms with van der Waals surface area (Å²) in [6, 6.07) is 19.8. The first-order valence-corrected chi connectivity index (χ1v) is 18.0. The molecule has 3 aromatic carbocycles. The van der Waals surface area contributed by atoms with Gasteiger partial charge in [-0.05, 0) is 94.4 Å². The van der Waals surface area contributed by atoms with Gasteiger partial charge in [-0.1, -0.05) is 80.0 Å². The average Bonchev–Trinajstić information content (AvgIpc) is 2.98. The monoisotopic (exact) mass is 772 g/mol. The summed E-state index contributed by atoms with van der Waals surface area (Å²) < 4.78 is 7.75. The Morgan fingerprint density at radius 1 is 0.833 bits per heavy atom. The second kappa shape index (κ2) is 13.1. The van der Waals surface area contributed by atoms with E-state index in [2.05, 4.69) is 81.9 Å². The van der Waals surface area contributed by atoms with Crippen molar-refractivity contribution in [2.75, 3.05) is 11.9 Å². The summed E-state index contributed by atoms with van der Waals surface area (Å²) in [5.74, 6) is -0.390. The molecule has 3 aliphatic rings. The minimum absolute atomic E-state index is 0.0445. The molecule has 48 heavy (non-hydrogen) atoms. The molecule has 6 nitrogen and oxygen atoms in total. The minimum atomic E-state index is -0.624. The highest BCUT2D eigenvalue weighted by molar-refractivity contribution is 9.11. The first-order valence-electron chi connectivity index (χ1n) is 16.5. The zero-order chi connectivity index (χ0) is 34.5. The van der Waals surface area contributed by atoms with Gasteiger partial charge in [0, 0.05) is 63.6 Å². The molecule has 250 valence electrons. The Morgan fingerprint density at radius 2 is 1.44 bits per heavy atom. The highest BCUT2D eigenvalue weighted by Gasteiger charge is 2.49. The molecule has 1 heterocycles. The molecule has 0 spiro atoms. The van der Waals surface area contributed by atoms with Crippen LogP contribution in [0, 0.1) is 24.7 Å². The molecule has 0 fully saturated rings. The Kier molecular flexibility index (Phi) is 9.37. The first-order chi connectivity index (χ1) is 22.6. The van der Waals surface area contributed by atoms with Crippen molar-refractivity contribution in [2.24, 2.45) is 10.8 Å². The molecule has 3 aromatic rings. The highest BCUT2D eigenvalue weighted by atomic mass is 79.9. The fraction of sp³-hybridized carbons (Fsp3) is 0.375. The van der Waals surface area contributed by atoms with Crippen LogP contribution >= 0.6 is 31.9 Å². The van der Waals surface area contributed by atoms with E-state index < -0.39 is 5.92 Å². The number of ketones is 2. The quantitative estimate of drug-likeness (QED) is 0.259. The van der Waals surface area contributed by atoms with Crippen molar-refractivity contribution in [1.29, 1.82) is 0 Å². The van der Waals surface area contributed by atoms with Crippen LogP contribution in [-0.4, -0.2) is 29.0 Å². The van der Waals surface area contributed by atoms with Crippen LogP contribution in [0.4, 0.5) is 5.69 Å².